The third kappa shape index (κ3) is 6.12. The standard InChI is InChI=1S/C30H23ClN2O5/c1-2-37-27-15-19(13-23(17-32)29(34)33-24-11-6-9-21(16-24)30(35)36)14-26(31)28(27)38-18-22-10-5-8-20-7-3-4-12-25(20)22/h3-16H,2,18H2,1H3,(H,33,34)(H,35,36)/b23-13+. The molecule has 0 spiro atoms. The Labute approximate surface area is 224 Å². The molecule has 4 aromatic carbocycles. The summed E-state index contributed by atoms with van der Waals surface area (Å²) < 4.78 is 11.9. The Balaban J connectivity index is 1.58. The number of carbonyl (C=O) groups excluding carboxylic acids is 1. The van der Waals surface area contributed by atoms with E-state index in [0.29, 0.717) is 23.7 Å². The lowest BCUT2D eigenvalue weighted by molar-refractivity contribution is -0.112. The van der Waals surface area contributed by atoms with Gasteiger partial charge in [-0.15, -0.1) is 0 Å². The predicted molar refractivity (Wildman–Crippen MR) is 147 cm³/mol. The molecule has 0 bridgehead atoms. The molecule has 0 fully saturated rings. The van der Waals surface area contributed by atoms with Crippen LogP contribution >= 0.6 is 11.6 Å². The number of ether oxygens (including phenoxy) is 2. The van der Waals surface area contributed by atoms with Crippen molar-refractivity contribution >= 4 is 46.0 Å². The maximum atomic E-state index is 12.7. The highest BCUT2D eigenvalue weighted by atomic mass is 35.5. The van der Waals surface area contributed by atoms with Crippen molar-refractivity contribution in [2.45, 2.75) is 13.5 Å². The number of nitrogens with one attached hydrogen (secondary N) is 1. The Morgan fingerprint density at radius 3 is 2.55 bits per heavy atom. The van der Waals surface area contributed by atoms with Crippen molar-refractivity contribution in [3.05, 3.63) is 106 Å². The fraction of sp³-hybridized carbons (Fsp3) is 0.100. The van der Waals surface area contributed by atoms with Crippen LogP contribution in [-0.2, 0) is 11.4 Å². The monoisotopic (exact) mass is 526 g/mol. The zero-order valence-electron chi connectivity index (χ0n) is 20.4. The van der Waals surface area contributed by atoms with Crippen LogP contribution in [0.1, 0.15) is 28.4 Å². The molecular weight excluding hydrogens is 504 g/mol. The quantitative estimate of drug-likeness (QED) is 0.185. The Morgan fingerprint density at radius 2 is 1.79 bits per heavy atom. The summed E-state index contributed by atoms with van der Waals surface area (Å²) in [6.07, 6.45) is 1.37. The number of nitriles is 1. The molecule has 4 rings (SSSR count). The Hall–Kier alpha value is -4.80. The molecule has 0 aliphatic heterocycles. The molecule has 38 heavy (non-hydrogen) atoms. The average molecular weight is 527 g/mol. The highest BCUT2D eigenvalue weighted by Gasteiger charge is 2.16. The van der Waals surface area contributed by atoms with Crippen LogP contribution in [0.15, 0.2) is 84.4 Å². The second-order valence-electron chi connectivity index (χ2n) is 8.20. The summed E-state index contributed by atoms with van der Waals surface area (Å²) >= 11 is 6.56. The number of rotatable bonds is 9. The van der Waals surface area contributed by atoms with E-state index in [9.17, 15) is 14.9 Å². The maximum absolute atomic E-state index is 12.7. The van der Waals surface area contributed by atoms with Crippen molar-refractivity contribution in [1.82, 2.24) is 0 Å². The van der Waals surface area contributed by atoms with Crippen LogP contribution in [0.4, 0.5) is 5.69 Å². The van der Waals surface area contributed by atoms with Crippen LogP contribution in [-0.4, -0.2) is 23.6 Å². The largest absolute Gasteiger partial charge is 0.490 e. The minimum atomic E-state index is -1.13. The van der Waals surface area contributed by atoms with Gasteiger partial charge in [-0.25, -0.2) is 4.79 Å². The third-order valence-electron chi connectivity index (χ3n) is 5.63. The fourth-order valence-electron chi connectivity index (χ4n) is 3.89. The molecule has 0 aromatic heterocycles. The van der Waals surface area contributed by atoms with Gasteiger partial charge in [0.1, 0.15) is 18.2 Å². The van der Waals surface area contributed by atoms with E-state index in [1.54, 1.807) is 12.1 Å². The van der Waals surface area contributed by atoms with Crippen LogP contribution < -0.4 is 14.8 Å². The lowest BCUT2D eigenvalue weighted by atomic mass is 10.1. The molecule has 2 N–H and O–H groups in total. The van der Waals surface area contributed by atoms with Crippen molar-refractivity contribution in [3.8, 4) is 17.6 Å². The van der Waals surface area contributed by atoms with Crippen LogP contribution in [0.25, 0.3) is 16.8 Å². The number of carboxylic acids is 1. The number of nitrogens with zero attached hydrogens (tertiary/aromatic N) is 1. The van der Waals surface area contributed by atoms with Gasteiger partial charge in [-0.3, -0.25) is 4.79 Å². The van der Waals surface area contributed by atoms with Crippen molar-refractivity contribution < 1.29 is 24.2 Å². The van der Waals surface area contributed by atoms with Gasteiger partial charge in [-0.1, -0.05) is 60.1 Å². The van der Waals surface area contributed by atoms with Gasteiger partial charge < -0.3 is 19.9 Å². The Bertz CT molecular complexity index is 1580. The van der Waals surface area contributed by atoms with Crippen molar-refractivity contribution in [3.63, 3.8) is 0 Å². The van der Waals surface area contributed by atoms with Crippen LogP contribution in [0.5, 0.6) is 11.5 Å². The number of benzene rings is 4. The topological polar surface area (TPSA) is 109 Å². The molecule has 0 radical (unpaired) electrons. The van der Waals surface area contributed by atoms with Gasteiger partial charge in [0.2, 0.25) is 0 Å². The Morgan fingerprint density at radius 1 is 1.03 bits per heavy atom. The molecule has 0 aliphatic carbocycles. The number of anilines is 1. The first-order chi connectivity index (χ1) is 18.4. The molecule has 0 saturated heterocycles. The average Bonchev–Trinajstić information content (AvgIpc) is 2.91. The molecule has 190 valence electrons. The molecular formula is C30H23ClN2O5. The normalized spacial score (nSPS) is 11.0. The highest BCUT2D eigenvalue weighted by molar-refractivity contribution is 6.32. The van der Waals surface area contributed by atoms with E-state index in [1.807, 2.05) is 55.5 Å². The van der Waals surface area contributed by atoms with Gasteiger partial charge in [0.15, 0.2) is 11.5 Å². The first-order valence-electron chi connectivity index (χ1n) is 11.7. The highest BCUT2D eigenvalue weighted by Crippen LogP contribution is 2.38. The second-order valence-corrected chi connectivity index (χ2v) is 8.61. The molecule has 7 nitrogen and oxygen atoms in total. The van der Waals surface area contributed by atoms with Gasteiger partial charge in [0.05, 0.1) is 17.2 Å². The fourth-order valence-corrected chi connectivity index (χ4v) is 4.16. The summed E-state index contributed by atoms with van der Waals surface area (Å²) in [5.41, 5.74) is 1.51. The van der Waals surface area contributed by atoms with E-state index in [1.165, 1.54) is 30.3 Å². The van der Waals surface area contributed by atoms with E-state index >= 15 is 0 Å². The van der Waals surface area contributed by atoms with E-state index in [-0.39, 0.29) is 28.5 Å². The molecule has 4 aromatic rings. The lowest BCUT2D eigenvalue weighted by Crippen LogP contribution is -2.14. The van der Waals surface area contributed by atoms with Gasteiger partial charge in [-0.2, -0.15) is 5.26 Å². The van der Waals surface area contributed by atoms with Gasteiger partial charge >= 0.3 is 5.97 Å². The van der Waals surface area contributed by atoms with Crippen LogP contribution in [0, 0.1) is 11.3 Å². The summed E-state index contributed by atoms with van der Waals surface area (Å²) in [6, 6.07) is 24.8. The van der Waals surface area contributed by atoms with E-state index in [4.69, 9.17) is 26.2 Å². The number of carboxylic acid groups (broad SMARTS) is 1. The molecule has 8 heteroatoms. The molecule has 0 saturated carbocycles. The zero-order chi connectivity index (χ0) is 27.1. The number of hydrogen-bond acceptors (Lipinski definition) is 5. The number of halogens is 1. The van der Waals surface area contributed by atoms with Gasteiger partial charge in [-0.05, 0) is 65.2 Å². The predicted octanol–water partition coefficient (Wildman–Crippen LogP) is 6.71. The summed E-state index contributed by atoms with van der Waals surface area (Å²) in [4.78, 5) is 23.9. The van der Waals surface area contributed by atoms with E-state index < -0.39 is 11.9 Å². The Kier molecular flexibility index (Phi) is 8.27. The maximum Gasteiger partial charge on any atom is 0.335 e. The number of carbonyl (C=O) groups is 2. The second kappa shape index (κ2) is 12.0. The van der Waals surface area contributed by atoms with E-state index in [0.717, 1.165) is 16.3 Å². The van der Waals surface area contributed by atoms with Crippen molar-refractivity contribution in [2.75, 3.05) is 11.9 Å². The zero-order valence-corrected chi connectivity index (χ0v) is 21.2. The van der Waals surface area contributed by atoms with Gasteiger partial charge in [0.25, 0.3) is 5.91 Å². The first-order valence-corrected chi connectivity index (χ1v) is 12.1. The lowest BCUT2D eigenvalue weighted by Gasteiger charge is -2.15. The summed E-state index contributed by atoms with van der Waals surface area (Å²) in [5.74, 6) is -1.09. The molecule has 0 heterocycles. The molecule has 0 aliphatic rings. The number of aromatic carboxylic acids is 1. The minimum absolute atomic E-state index is 0.0116. The van der Waals surface area contributed by atoms with Crippen LogP contribution in [0.3, 0.4) is 0 Å². The number of hydrogen-bond donors (Lipinski definition) is 2. The van der Waals surface area contributed by atoms with Crippen molar-refractivity contribution in [2.24, 2.45) is 0 Å². The minimum Gasteiger partial charge on any atom is -0.490 e. The van der Waals surface area contributed by atoms with E-state index in [2.05, 4.69) is 5.32 Å². The number of fused-ring (bicyclic) bond motifs is 1. The SMILES string of the molecule is CCOc1cc(/C=C(\C#N)C(=O)Nc2cccc(C(=O)O)c2)cc(Cl)c1OCc1cccc2ccccc12. The molecule has 0 unspecified atom stereocenters. The summed E-state index contributed by atoms with van der Waals surface area (Å²) in [7, 11) is 0. The smallest absolute Gasteiger partial charge is 0.335 e. The van der Waals surface area contributed by atoms with Crippen molar-refractivity contribution in [1.29, 1.82) is 5.26 Å². The van der Waals surface area contributed by atoms with Crippen LogP contribution in [0.2, 0.25) is 5.02 Å². The number of amides is 1. The third-order valence-corrected chi connectivity index (χ3v) is 5.91. The summed E-state index contributed by atoms with van der Waals surface area (Å²) in [6.45, 7) is 2.43. The first kappa shape index (κ1) is 26.3. The molecule has 1 amide bonds. The van der Waals surface area contributed by atoms with Gasteiger partial charge in [0, 0.05) is 5.69 Å². The molecule has 0 atom stereocenters. The summed E-state index contributed by atoms with van der Waals surface area (Å²) in [5, 5.41) is 23.7.